The summed E-state index contributed by atoms with van der Waals surface area (Å²) >= 11 is 1.36. The van der Waals surface area contributed by atoms with Gasteiger partial charge in [0.15, 0.2) is 0 Å². The number of ether oxygens (including phenoxy) is 1. The number of carbonyl (C=O) groups is 3. The Morgan fingerprint density at radius 2 is 1.67 bits per heavy atom. The molecular weight excluding hydrogens is 627 g/mol. The number of para-hydroxylation sites is 1. The topological polar surface area (TPSA) is 121 Å². The summed E-state index contributed by atoms with van der Waals surface area (Å²) in [5.74, 6) is 0.580. The molecule has 3 aliphatic heterocycles. The normalized spacial score (nSPS) is 18.9. The molecule has 11 nitrogen and oxygen atoms in total. The third kappa shape index (κ3) is 5.28. The van der Waals surface area contributed by atoms with Crippen LogP contribution in [0.3, 0.4) is 0 Å². The smallest absolute Gasteiger partial charge is 0.275 e. The number of nitrogens with one attached hydrogen (secondary N) is 1. The zero-order chi connectivity index (χ0) is 32.8. The van der Waals surface area contributed by atoms with Crippen molar-refractivity contribution < 1.29 is 19.1 Å². The van der Waals surface area contributed by atoms with Gasteiger partial charge in [0.2, 0.25) is 0 Å². The van der Waals surface area contributed by atoms with Gasteiger partial charge < -0.3 is 15.0 Å². The quantitative estimate of drug-likeness (QED) is 0.226. The standard InChI is InChI=1S/C36H31N7O4S/c1-22-31(47-24-7-3-2-4-8-24)12-11-27(39-33(44)28-21-48-34(40-28)23-13-15-37-38-19-23)32(22)42-18-17-41-16-14-29(30(41)20-42)43-35(45)25-9-5-6-10-26(25)36(43)46/h2-13,15,19,21,29-30H,14,16-18,20H2,1H3,(H,39,44)/t29-,30-/m1/s1. The highest BCUT2D eigenvalue weighted by molar-refractivity contribution is 7.13. The van der Waals surface area contributed by atoms with Crippen molar-refractivity contribution in [2.24, 2.45) is 0 Å². The predicted octanol–water partition coefficient (Wildman–Crippen LogP) is 5.51. The van der Waals surface area contributed by atoms with Gasteiger partial charge in [-0.2, -0.15) is 10.2 Å². The zero-order valence-corrected chi connectivity index (χ0v) is 26.9. The van der Waals surface area contributed by atoms with Crippen LogP contribution in [0.15, 0.2) is 90.6 Å². The van der Waals surface area contributed by atoms with Gasteiger partial charge in [-0.15, -0.1) is 11.3 Å². The summed E-state index contributed by atoms with van der Waals surface area (Å²) in [5, 5.41) is 13.3. The van der Waals surface area contributed by atoms with Gasteiger partial charge in [0, 0.05) is 48.7 Å². The number of hydrogen-bond acceptors (Lipinski definition) is 10. The van der Waals surface area contributed by atoms with E-state index in [1.165, 1.54) is 16.2 Å². The molecule has 5 aromatic rings. The van der Waals surface area contributed by atoms with Gasteiger partial charge in [-0.25, -0.2) is 4.98 Å². The molecule has 2 aromatic heterocycles. The first kappa shape index (κ1) is 29.9. The number of benzene rings is 3. The van der Waals surface area contributed by atoms with Crippen molar-refractivity contribution in [3.05, 3.63) is 113 Å². The molecule has 0 aliphatic carbocycles. The number of anilines is 2. The molecule has 0 saturated carbocycles. The van der Waals surface area contributed by atoms with Gasteiger partial charge in [-0.1, -0.05) is 30.3 Å². The molecule has 3 amide bonds. The lowest BCUT2D eigenvalue weighted by Gasteiger charge is -2.43. The van der Waals surface area contributed by atoms with Crippen LogP contribution in [0.25, 0.3) is 10.6 Å². The summed E-state index contributed by atoms with van der Waals surface area (Å²) in [5.41, 5.74) is 4.33. The van der Waals surface area contributed by atoms with Crippen LogP contribution < -0.4 is 15.0 Å². The Morgan fingerprint density at radius 1 is 0.896 bits per heavy atom. The van der Waals surface area contributed by atoms with E-state index in [1.54, 1.807) is 48.1 Å². The van der Waals surface area contributed by atoms with Crippen LogP contribution in [-0.4, -0.2) is 81.0 Å². The van der Waals surface area contributed by atoms with E-state index in [9.17, 15) is 14.4 Å². The maximum absolute atomic E-state index is 13.6. The van der Waals surface area contributed by atoms with E-state index in [2.05, 4.69) is 30.3 Å². The second kappa shape index (κ2) is 12.3. The molecule has 12 heteroatoms. The molecule has 3 aromatic carbocycles. The highest BCUT2D eigenvalue weighted by Gasteiger charge is 2.48. The van der Waals surface area contributed by atoms with Gasteiger partial charge in [0.1, 0.15) is 22.2 Å². The number of rotatable bonds is 7. The minimum absolute atomic E-state index is 0.0716. The Labute approximate surface area is 280 Å². The van der Waals surface area contributed by atoms with Gasteiger partial charge in [-0.05, 0) is 55.8 Å². The van der Waals surface area contributed by atoms with Crippen LogP contribution in [0.1, 0.15) is 43.2 Å². The molecule has 3 aliphatic rings. The second-order valence-corrected chi connectivity index (χ2v) is 12.9. The SMILES string of the molecule is Cc1c(Oc2ccccc2)ccc(NC(=O)c2csc(-c3ccnnc3)n2)c1N1CCN2CC[C@@H](N3C(=O)c4ccccc4C3=O)[C@H]2C1. The van der Waals surface area contributed by atoms with Crippen molar-refractivity contribution in [3.8, 4) is 22.1 Å². The first-order valence-corrected chi connectivity index (χ1v) is 16.7. The maximum Gasteiger partial charge on any atom is 0.275 e. The number of hydrogen-bond donors (Lipinski definition) is 1. The number of amides is 3. The summed E-state index contributed by atoms with van der Waals surface area (Å²) in [4.78, 5) is 51.3. The van der Waals surface area contributed by atoms with Crippen LogP contribution in [0.2, 0.25) is 0 Å². The number of imide groups is 1. The lowest BCUT2D eigenvalue weighted by molar-refractivity contribution is 0.0537. The predicted molar refractivity (Wildman–Crippen MR) is 182 cm³/mol. The van der Waals surface area contributed by atoms with Crippen LogP contribution in [0.4, 0.5) is 11.4 Å². The first-order valence-electron chi connectivity index (χ1n) is 15.8. The Kier molecular flexibility index (Phi) is 7.66. The molecule has 48 heavy (non-hydrogen) atoms. The Hall–Kier alpha value is -5.46. The van der Waals surface area contributed by atoms with Crippen LogP contribution >= 0.6 is 11.3 Å². The molecule has 1 N–H and O–H groups in total. The maximum atomic E-state index is 13.6. The van der Waals surface area contributed by atoms with E-state index in [0.29, 0.717) is 58.5 Å². The fourth-order valence-corrected chi connectivity index (χ4v) is 7.82. The second-order valence-electron chi connectivity index (χ2n) is 12.1. The molecule has 2 fully saturated rings. The minimum atomic E-state index is -0.333. The summed E-state index contributed by atoms with van der Waals surface area (Å²) in [6, 6.07) is 21.8. The molecule has 8 rings (SSSR count). The lowest BCUT2D eigenvalue weighted by Crippen LogP contribution is -2.57. The first-order chi connectivity index (χ1) is 23.5. The average Bonchev–Trinajstić information content (AvgIpc) is 3.84. The molecule has 2 atom stereocenters. The average molecular weight is 658 g/mol. The highest BCUT2D eigenvalue weighted by atomic mass is 32.1. The third-order valence-electron chi connectivity index (χ3n) is 9.33. The molecule has 2 saturated heterocycles. The fraction of sp³-hybridized carbons (Fsp3) is 0.222. The highest BCUT2D eigenvalue weighted by Crippen LogP contribution is 2.41. The monoisotopic (exact) mass is 657 g/mol. The van der Waals surface area contributed by atoms with E-state index in [1.807, 2.05) is 49.4 Å². The van der Waals surface area contributed by atoms with Gasteiger partial charge in [0.25, 0.3) is 17.7 Å². The summed E-state index contributed by atoms with van der Waals surface area (Å²) < 4.78 is 6.32. The molecule has 240 valence electrons. The Bertz CT molecular complexity index is 2000. The minimum Gasteiger partial charge on any atom is -0.457 e. The van der Waals surface area contributed by atoms with Crippen LogP contribution in [0, 0.1) is 6.92 Å². The van der Waals surface area contributed by atoms with E-state index >= 15 is 0 Å². The Morgan fingerprint density at radius 3 is 2.42 bits per heavy atom. The summed E-state index contributed by atoms with van der Waals surface area (Å²) in [7, 11) is 0. The summed E-state index contributed by atoms with van der Waals surface area (Å²) in [6.07, 6.45) is 3.92. The summed E-state index contributed by atoms with van der Waals surface area (Å²) in [6.45, 7) is 4.79. The number of piperazine rings is 1. The number of carbonyl (C=O) groups excluding carboxylic acids is 3. The molecule has 0 unspecified atom stereocenters. The zero-order valence-electron chi connectivity index (χ0n) is 26.1. The van der Waals surface area contributed by atoms with E-state index in [-0.39, 0.29) is 29.8 Å². The number of nitrogens with zero attached hydrogens (tertiary/aromatic N) is 6. The largest absolute Gasteiger partial charge is 0.457 e. The van der Waals surface area contributed by atoms with E-state index in [0.717, 1.165) is 29.9 Å². The molecule has 5 heterocycles. The van der Waals surface area contributed by atoms with Crippen molar-refractivity contribution >= 4 is 40.4 Å². The number of fused-ring (bicyclic) bond motifs is 2. The third-order valence-corrected chi connectivity index (χ3v) is 10.2. The van der Waals surface area contributed by atoms with Crippen molar-refractivity contribution in [3.63, 3.8) is 0 Å². The van der Waals surface area contributed by atoms with Crippen molar-refractivity contribution in [1.29, 1.82) is 0 Å². The fourth-order valence-electron chi connectivity index (χ4n) is 7.02. The van der Waals surface area contributed by atoms with Gasteiger partial charge in [-0.3, -0.25) is 24.2 Å². The van der Waals surface area contributed by atoms with Crippen molar-refractivity contribution in [1.82, 2.24) is 25.0 Å². The molecule has 0 radical (unpaired) electrons. The van der Waals surface area contributed by atoms with E-state index in [4.69, 9.17) is 4.74 Å². The van der Waals surface area contributed by atoms with Crippen LogP contribution in [-0.2, 0) is 0 Å². The molecular formula is C36H31N7O4S. The lowest BCUT2D eigenvalue weighted by atomic mass is 10.0. The van der Waals surface area contributed by atoms with Crippen molar-refractivity contribution in [2.45, 2.75) is 25.4 Å². The number of aromatic nitrogens is 3. The number of thiazole rings is 1. The van der Waals surface area contributed by atoms with Gasteiger partial charge >= 0.3 is 0 Å². The molecule has 0 bridgehead atoms. The molecule has 0 spiro atoms. The Balaban J connectivity index is 1.11. The van der Waals surface area contributed by atoms with Gasteiger partial charge in [0.05, 0.1) is 40.9 Å². The van der Waals surface area contributed by atoms with Crippen LogP contribution in [0.5, 0.6) is 11.5 Å². The van der Waals surface area contributed by atoms with E-state index < -0.39 is 0 Å². The van der Waals surface area contributed by atoms with Crippen molar-refractivity contribution in [2.75, 3.05) is 36.4 Å².